The lowest BCUT2D eigenvalue weighted by molar-refractivity contribution is 0.0668. The number of nitrogens with zero attached hydrogens (tertiary/aromatic N) is 5. The Balaban J connectivity index is 1.40. The number of tetrazole rings is 1. The molecule has 2 aromatic heterocycles. The number of hydrogen-bond donors (Lipinski definition) is 0. The fourth-order valence-corrected chi connectivity index (χ4v) is 3.56. The van der Waals surface area contributed by atoms with Gasteiger partial charge in [-0.1, -0.05) is 30.3 Å². The summed E-state index contributed by atoms with van der Waals surface area (Å²) in [6, 6.07) is 14.1. The van der Waals surface area contributed by atoms with Crippen LogP contribution in [0.2, 0.25) is 0 Å². The Hall–Kier alpha value is -2.76. The van der Waals surface area contributed by atoms with E-state index in [2.05, 4.69) is 39.8 Å². The SMILES string of the molecule is O=C(c1ccn2nnnc2c1)N1CCCC(CCc2ccccc2)C1. The molecule has 1 atom stereocenters. The standard InChI is InChI=1S/C19H21N5O/c25-19(17-10-12-24-18(13-17)20-21-22-24)23-11-4-7-16(14-23)9-8-15-5-2-1-3-6-15/h1-3,5-6,10,12-13,16H,4,7-9,11,14H2. The van der Waals surface area contributed by atoms with Crippen molar-refractivity contribution >= 4 is 11.6 Å². The minimum absolute atomic E-state index is 0.0786. The summed E-state index contributed by atoms with van der Waals surface area (Å²) in [7, 11) is 0. The van der Waals surface area contributed by atoms with E-state index >= 15 is 0 Å². The average Bonchev–Trinajstić information content (AvgIpc) is 3.14. The van der Waals surface area contributed by atoms with Crippen LogP contribution in [-0.2, 0) is 6.42 Å². The Kier molecular flexibility index (Phi) is 4.41. The summed E-state index contributed by atoms with van der Waals surface area (Å²) in [5.74, 6) is 0.645. The Morgan fingerprint density at radius 2 is 2.08 bits per heavy atom. The summed E-state index contributed by atoms with van der Waals surface area (Å²) in [6.07, 6.45) is 6.20. The number of aromatic nitrogens is 4. The number of rotatable bonds is 4. The third-order valence-electron chi connectivity index (χ3n) is 4.94. The van der Waals surface area contributed by atoms with Gasteiger partial charge >= 0.3 is 0 Å². The van der Waals surface area contributed by atoms with Gasteiger partial charge in [-0.2, -0.15) is 0 Å². The van der Waals surface area contributed by atoms with Crippen molar-refractivity contribution in [3.8, 4) is 0 Å². The molecule has 3 aromatic rings. The van der Waals surface area contributed by atoms with Crippen molar-refractivity contribution in [3.05, 3.63) is 59.8 Å². The lowest BCUT2D eigenvalue weighted by Crippen LogP contribution is -2.40. The van der Waals surface area contributed by atoms with Gasteiger partial charge in [-0.3, -0.25) is 4.79 Å². The number of carbonyl (C=O) groups excluding carboxylic acids is 1. The Bertz CT molecular complexity index is 860. The van der Waals surface area contributed by atoms with E-state index < -0.39 is 0 Å². The molecule has 0 bridgehead atoms. The molecule has 4 rings (SSSR count). The summed E-state index contributed by atoms with van der Waals surface area (Å²) >= 11 is 0. The molecular formula is C19H21N5O. The van der Waals surface area contributed by atoms with Gasteiger partial charge in [0.05, 0.1) is 0 Å². The van der Waals surface area contributed by atoms with Crippen LogP contribution in [-0.4, -0.2) is 43.9 Å². The highest BCUT2D eigenvalue weighted by Crippen LogP contribution is 2.23. The lowest BCUT2D eigenvalue weighted by Gasteiger charge is -2.33. The van der Waals surface area contributed by atoms with Crippen LogP contribution in [0.25, 0.3) is 5.65 Å². The topological polar surface area (TPSA) is 63.4 Å². The first kappa shape index (κ1) is 15.7. The van der Waals surface area contributed by atoms with Crippen LogP contribution in [0.4, 0.5) is 0 Å². The molecule has 1 unspecified atom stereocenters. The molecule has 1 aromatic carbocycles. The highest BCUT2D eigenvalue weighted by atomic mass is 16.2. The molecule has 6 heteroatoms. The predicted molar refractivity (Wildman–Crippen MR) is 94.2 cm³/mol. The van der Waals surface area contributed by atoms with Crippen LogP contribution in [0.3, 0.4) is 0 Å². The van der Waals surface area contributed by atoms with E-state index in [4.69, 9.17) is 0 Å². The summed E-state index contributed by atoms with van der Waals surface area (Å²) in [6.45, 7) is 1.67. The predicted octanol–water partition coefficient (Wildman–Crippen LogP) is 2.61. The van der Waals surface area contributed by atoms with E-state index in [-0.39, 0.29) is 5.91 Å². The maximum Gasteiger partial charge on any atom is 0.254 e. The van der Waals surface area contributed by atoms with Gasteiger partial charge in [-0.15, -0.1) is 5.10 Å². The lowest BCUT2D eigenvalue weighted by atomic mass is 9.91. The molecule has 1 amide bonds. The number of hydrogen-bond acceptors (Lipinski definition) is 4. The average molecular weight is 335 g/mol. The molecule has 1 fully saturated rings. The highest BCUT2D eigenvalue weighted by Gasteiger charge is 2.24. The second-order valence-corrected chi connectivity index (χ2v) is 6.68. The van der Waals surface area contributed by atoms with E-state index in [1.54, 1.807) is 22.8 Å². The van der Waals surface area contributed by atoms with Crippen molar-refractivity contribution in [2.75, 3.05) is 13.1 Å². The molecule has 0 spiro atoms. The Labute approximate surface area is 146 Å². The van der Waals surface area contributed by atoms with Gasteiger partial charge in [0.15, 0.2) is 5.65 Å². The number of pyridine rings is 1. The molecule has 0 radical (unpaired) electrons. The van der Waals surface area contributed by atoms with Crippen molar-refractivity contribution < 1.29 is 4.79 Å². The number of amides is 1. The normalized spacial score (nSPS) is 17.8. The molecule has 0 aliphatic carbocycles. The van der Waals surface area contributed by atoms with E-state index in [1.807, 2.05) is 11.0 Å². The number of benzene rings is 1. The van der Waals surface area contributed by atoms with Crippen molar-refractivity contribution in [2.24, 2.45) is 5.92 Å². The number of aryl methyl sites for hydroxylation is 1. The highest BCUT2D eigenvalue weighted by molar-refractivity contribution is 5.95. The second kappa shape index (κ2) is 7.01. The summed E-state index contributed by atoms with van der Waals surface area (Å²) in [5, 5.41) is 11.4. The maximum absolute atomic E-state index is 12.8. The minimum atomic E-state index is 0.0786. The third kappa shape index (κ3) is 3.52. The summed E-state index contributed by atoms with van der Waals surface area (Å²) in [4.78, 5) is 14.8. The zero-order valence-corrected chi connectivity index (χ0v) is 14.1. The molecule has 1 aliphatic rings. The van der Waals surface area contributed by atoms with Gasteiger partial charge in [-0.25, -0.2) is 4.52 Å². The van der Waals surface area contributed by atoms with Gasteiger partial charge in [0, 0.05) is 24.8 Å². The summed E-state index contributed by atoms with van der Waals surface area (Å²) in [5.41, 5.74) is 2.63. The fourth-order valence-electron chi connectivity index (χ4n) is 3.56. The van der Waals surface area contributed by atoms with Crippen molar-refractivity contribution in [1.29, 1.82) is 0 Å². The molecule has 25 heavy (non-hydrogen) atoms. The van der Waals surface area contributed by atoms with Crippen LogP contribution >= 0.6 is 0 Å². The van der Waals surface area contributed by atoms with Gasteiger partial charge in [0.25, 0.3) is 5.91 Å². The first-order valence-corrected chi connectivity index (χ1v) is 8.80. The van der Waals surface area contributed by atoms with Crippen LogP contribution in [0.5, 0.6) is 0 Å². The van der Waals surface area contributed by atoms with Gasteiger partial charge < -0.3 is 4.90 Å². The number of likely N-dealkylation sites (tertiary alicyclic amines) is 1. The molecule has 0 N–H and O–H groups in total. The second-order valence-electron chi connectivity index (χ2n) is 6.68. The van der Waals surface area contributed by atoms with Crippen molar-refractivity contribution in [2.45, 2.75) is 25.7 Å². The zero-order valence-electron chi connectivity index (χ0n) is 14.1. The van der Waals surface area contributed by atoms with Crippen molar-refractivity contribution in [3.63, 3.8) is 0 Å². The van der Waals surface area contributed by atoms with E-state index in [0.717, 1.165) is 32.4 Å². The van der Waals surface area contributed by atoms with Gasteiger partial charge in [0.1, 0.15) is 0 Å². The van der Waals surface area contributed by atoms with Gasteiger partial charge in [-0.05, 0) is 59.7 Å². The molecule has 3 heterocycles. The smallest absolute Gasteiger partial charge is 0.254 e. The minimum Gasteiger partial charge on any atom is -0.338 e. The number of fused-ring (bicyclic) bond motifs is 1. The van der Waals surface area contributed by atoms with E-state index in [1.165, 1.54) is 12.0 Å². The van der Waals surface area contributed by atoms with Crippen LogP contribution in [0.15, 0.2) is 48.7 Å². The maximum atomic E-state index is 12.8. The summed E-state index contributed by atoms with van der Waals surface area (Å²) < 4.78 is 1.57. The zero-order chi connectivity index (χ0) is 17.1. The molecule has 1 saturated heterocycles. The molecule has 128 valence electrons. The van der Waals surface area contributed by atoms with E-state index in [9.17, 15) is 4.79 Å². The largest absolute Gasteiger partial charge is 0.338 e. The molecule has 0 saturated carbocycles. The van der Waals surface area contributed by atoms with E-state index in [0.29, 0.717) is 17.1 Å². The Morgan fingerprint density at radius 1 is 1.20 bits per heavy atom. The quantitative estimate of drug-likeness (QED) is 0.735. The molecule has 6 nitrogen and oxygen atoms in total. The fraction of sp³-hybridized carbons (Fsp3) is 0.368. The van der Waals surface area contributed by atoms with Crippen molar-refractivity contribution in [1.82, 2.24) is 24.9 Å². The monoisotopic (exact) mass is 335 g/mol. The number of piperidine rings is 1. The van der Waals surface area contributed by atoms with Crippen LogP contribution in [0, 0.1) is 5.92 Å². The number of carbonyl (C=O) groups is 1. The third-order valence-corrected chi connectivity index (χ3v) is 4.94. The van der Waals surface area contributed by atoms with Gasteiger partial charge in [0.2, 0.25) is 0 Å². The Morgan fingerprint density at radius 3 is 2.96 bits per heavy atom. The van der Waals surface area contributed by atoms with Crippen LogP contribution < -0.4 is 0 Å². The molecular weight excluding hydrogens is 314 g/mol. The van der Waals surface area contributed by atoms with Crippen LogP contribution in [0.1, 0.15) is 35.2 Å². The first-order valence-electron chi connectivity index (χ1n) is 8.80. The molecule has 1 aliphatic heterocycles. The first-order chi connectivity index (χ1) is 12.3.